The summed E-state index contributed by atoms with van der Waals surface area (Å²) < 4.78 is 9.32. The molecule has 1 atom stereocenters. The van der Waals surface area contributed by atoms with E-state index in [1.807, 2.05) is 0 Å². The molecule has 1 aliphatic rings. The number of aromatic nitrogens is 1. The van der Waals surface area contributed by atoms with Crippen LogP contribution in [0.2, 0.25) is 0 Å². The third kappa shape index (κ3) is 2.44. The van der Waals surface area contributed by atoms with Crippen LogP contribution in [0.25, 0.3) is 0 Å². The fraction of sp³-hybridized carbons (Fsp3) is 0.600. The third-order valence-electron chi connectivity index (χ3n) is 2.74. The fourth-order valence-corrected chi connectivity index (χ4v) is 2.85. The summed E-state index contributed by atoms with van der Waals surface area (Å²) >= 11 is 1.33. The van der Waals surface area contributed by atoms with Gasteiger partial charge in [0, 0.05) is 26.1 Å². The lowest BCUT2D eigenvalue weighted by molar-refractivity contribution is -0.119. The number of hydrogen-bond acceptors (Lipinski definition) is 6. The second kappa shape index (κ2) is 4.79. The zero-order chi connectivity index (χ0) is 12.4. The first-order valence-corrected chi connectivity index (χ1v) is 6.20. The molecule has 17 heavy (non-hydrogen) atoms. The largest absolute Gasteiger partial charge is 0.490 e. The van der Waals surface area contributed by atoms with E-state index in [-0.39, 0.29) is 11.9 Å². The topological polar surface area (TPSA) is 80.5 Å². The molecule has 2 rings (SSSR count). The molecule has 0 aliphatic carbocycles. The van der Waals surface area contributed by atoms with Crippen molar-refractivity contribution in [2.45, 2.75) is 19.4 Å². The van der Waals surface area contributed by atoms with E-state index in [1.54, 1.807) is 7.11 Å². The van der Waals surface area contributed by atoms with Crippen molar-refractivity contribution in [3.63, 3.8) is 0 Å². The van der Waals surface area contributed by atoms with Gasteiger partial charge in [-0.2, -0.15) is 4.37 Å². The Morgan fingerprint density at radius 2 is 2.47 bits per heavy atom. The molecular weight excluding hydrogens is 240 g/mol. The summed E-state index contributed by atoms with van der Waals surface area (Å²) in [5.74, 6) is 1.07. The van der Waals surface area contributed by atoms with Gasteiger partial charge in [0.25, 0.3) is 0 Å². The van der Waals surface area contributed by atoms with E-state index in [9.17, 15) is 4.79 Å². The van der Waals surface area contributed by atoms with E-state index in [0.29, 0.717) is 11.6 Å². The number of nitrogen functional groups attached to an aromatic ring is 1. The highest BCUT2D eigenvalue weighted by molar-refractivity contribution is 7.11. The van der Waals surface area contributed by atoms with Crippen molar-refractivity contribution in [3.8, 4) is 5.75 Å². The number of methoxy groups -OCH3 is 1. The second-order valence-corrected chi connectivity index (χ2v) is 4.79. The molecule has 1 unspecified atom stereocenters. The molecule has 1 aliphatic heterocycles. The van der Waals surface area contributed by atoms with E-state index in [0.717, 1.165) is 24.5 Å². The fourth-order valence-electron chi connectivity index (χ4n) is 2.03. The van der Waals surface area contributed by atoms with Gasteiger partial charge in [-0.15, -0.1) is 0 Å². The van der Waals surface area contributed by atoms with Gasteiger partial charge in [0.05, 0.1) is 7.11 Å². The Hall–Kier alpha value is -1.50. The maximum absolute atomic E-state index is 11.0. The molecule has 1 aromatic heterocycles. The number of anilines is 2. The van der Waals surface area contributed by atoms with Gasteiger partial charge in [-0.05, 0) is 18.0 Å². The van der Waals surface area contributed by atoms with Crippen LogP contribution in [0.15, 0.2) is 0 Å². The molecule has 0 aromatic carbocycles. The maximum atomic E-state index is 11.0. The molecule has 1 aromatic rings. The van der Waals surface area contributed by atoms with Crippen LogP contribution in [0.5, 0.6) is 5.75 Å². The molecular formula is C10H16N4O2S. The highest BCUT2D eigenvalue weighted by Gasteiger charge is 2.27. The van der Waals surface area contributed by atoms with E-state index in [4.69, 9.17) is 10.5 Å². The van der Waals surface area contributed by atoms with E-state index >= 15 is 0 Å². The van der Waals surface area contributed by atoms with Gasteiger partial charge in [-0.1, -0.05) is 0 Å². The molecule has 1 amide bonds. The van der Waals surface area contributed by atoms with Gasteiger partial charge in [0.1, 0.15) is 0 Å². The number of nitrogens with two attached hydrogens (primary N) is 1. The van der Waals surface area contributed by atoms with Crippen molar-refractivity contribution in [2.75, 3.05) is 30.8 Å². The number of nitrogens with one attached hydrogen (secondary N) is 1. The number of nitrogens with zero attached hydrogens (tertiary/aromatic N) is 2. The van der Waals surface area contributed by atoms with Crippen LogP contribution in [0.3, 0.4) is 0 Å². The minimum absolute atomic E-state index is 0.00707. The van der Waals surface area contributed by atoms with Gasteiger partial charge in [0.2, 0.25) is 5.91 Å². The van der Waals surface area contributed by atoms with Crippen molar-refractivity contribution >= 4 is 28.3 Å². The molecule has 2 heterocycles. The van der Waals surface area contributed by atoms with E-state index in [1.165, 1.54) is 18.5 Å². The summed E-state index contributed by atoms with van der Waals surface area (Å²) in [6.45, 7) is 3.19. The Balaban J connectivity index is 2.07. The predicted molar refractivity (Wildman–Crippen MR) is 67.5 cm³/mol. The first kappa shape index (κ1) is 12.0. The summed E-state index contributed by atoms with van der Waals surface area (Å²) in [5, 5.41) is 3.86. The lowest BCUT2D eigenvalue weighted by Gasteiger charge is -2.17. The van der Waals surface area contributed by atoms with Crippen LogP contribution in [0.4, 0.5) is 10.8 Å². The van der Waals surface area contributed by atoms with Crippen LogP contribution in [-0.2, 0) is 4.79 Å². The van der Waals surface area contributed by atoms with Crippen molar-refractivity contribution in [3.05, 3.63) is 0 Å². The molecule has 0 saturated carbocycles. The van der Waals surface area contributed by atoms with Crippen molar-refractivity contribution in [2.24, 2.45) is 0 Å². The molecule has 7 heteroatoms. The highest BCUT2D eigenvalue weighted by Crippen LogP contribution is 2.39. The van der Waals surface area contributed by atoms with E-state index < -0.39 is 0 Å². The van der Waals surface area contributed by atoms with Gasteiger partial charge in [-0.3, -0.25) is 4.79 Å². The Labute approximate surface area is 104 Å². The average Bonchev–Trinajstić information content (AvgIpc) is 2.83. The van der Waals surface area contributed by atoms with Crippen LogP contribution in [0, 0.1) is 0 Å². The minimum atomic E-state index is 0.00707. The number of carbonyl (C=O) groups is 1. The number of hydrogen-bond donors (Lipinski definition) is 2. The zero-order valence-corrected chi connectivity index (χ0v) is 10.7. The minimum Gasteiger partial charge on any atom is -0.490 e. The van der Waals surface area contributed by atoms with Crippen molar-refractivity contribution in [1.82, 2.24) is 9.69 Å². The molecule has 0 spiro atoms. The van der Waals surface area contributed by atoms with Gasteiger partial charge >= 0.3 is 0 Å². The number of carbonyl (C=O) groups excluding carboxylic acids is 1. The maximum Gasteiger partial charge on any atom is 0.217 e. The van der Waals surface area contributed by atoms with Gasteiger partial charge < -0.3 is 20.7 Å². The van der Waals surface area contributed by atoms with Gasteiger partial charge in [0.15, 0.2) is 16.6 Å². The Kier molecular flexibility index (Phi) is 3.37. The smallest absolute Gasteiger partial charge is 0.217 e. The predicted octanol–water partition coefficient (Wildman–Crippen LogP) is 0.449. The molecule has 0 bridgehead atoms. The number of ether oxygens (including phenoxy) is 1. The molecule has 1 fully saturated rings. The summed E-state index contributed by atoms with van der Waals surface area (Å²) in [5.41, 5.74) is 5.71. The summed E-state index contributed by atoms with van der Waals surface area (Å²) in [4.78, 5) is 13.1. The first-order chi connectivity index (χ1) is 8.11. The SMILES string of the molecule is COc1c(N)nsc1N1CCC(NC(C)=O)C1. The van der Waals surface area contributed by atoms with Crippen molar-refractivity contribution < 1.29 is 9.53 Å². The molecule has 94 valence electrons. The number of amides is 1. The van der Waals surface area contributed by atoms with Crippen LogP contribution < -0.4 is 20.7 Å². The Morgan fingerprint density at radius 3 is 3.12 bits per heavy atom. The monoisotopic (exact) mass is 256 g/mol. The van der Waals surface area contributed by atoms with Crippen LogP contribution in [-0.4, -0.2) is 36.5 Å². The van der Waals surface area contributed by atoms with Crippen LogP contribution in [0.1, 0.15) is 13.3 Å². The summed E-state index contributed by atoms with van der Waals surface area (Å²) in [7, 11) is 1.59. The molecule has 1 saturated heterocycles. The number of rotatable bonds is 3. The van der Waals surface area contributed by atoms with Crippen LogP contribution >= 0.6 is 11.5 Å². The Bertz CT molecular complexity index is 420. The van der Waals surface area contributed by atoms with E-state index in [2.05, 4.69) is 14.6 Å². The molecule has 6 nitrogen and oxygen atoms in total. The summed E-state index contributed by atoms with van der Waals surface area (Å²) in [6, 6.07) is 0.195. The lowest BCUT2D eigenvalue weighted by atomic mass is 10.3. The zero-order valence-electron chi connectivity index (χ0n) is 9.90. The third-order valence-corrected chi connectivity index (χ3v) is 3.65. The average molecular weight is 256 g/mol. The molecule has 0 radical (unpaired) electrons. The normalized spacial score (nSPS) is 19.4. The Morgan fingerprint density at radius 1 is 1.71 bits per heavy atom. The van der Waals surface area contributed by atoms with Crippen molar-refractivity contribution in [1.29, 1.82) is 0 Å². The quantitative estimate of drug-likeness (QED) is 0.820. The standard InChI is InChI=1S/C10H16N4O2S/c1-6(15)12-7-3-4-14(5-7)10-8(16-2)9(11)13-17-10/h7H,3-5H2,1-2H3,(H2,11,13)(H,12,15). The summed E-state index contributed by atoms with van der Waals surface area (Å²) in [6.07, 6.45) is 0.931. The van der Waals surface area contributed by atoms with Gasteiger partial charge in [-0.25, -0.2) is 0 Å². The molecule has 3 N–H and O–H groups in total. The lowest BCUT2D eigenvalue weighted by Crippen LogP contribution is -2.35. The highest BCUT2D eigenvalue weighted by atomic mass is 32.1. The second-order valence-electron chi connectivity index (χ2n) is 4.04. The first-order valence-electron chi connectivity index (χ1n) is 5.43.